The smallest absolute Gasteiger partial charge is 0.416 e. The van der Waals surface area contributed by atoms with Gasteiger partial charge in [0.25, 0.3) is 5.91 Å². The third-order valence-electron chi connectivity index (χ3n) is 4.20. The molecule has 0 saturated heterocycles. The van der Waals surface area contributed by atoms with Crippen LogP contribution in [-0.2, 0) is 12.4 Å². The molecule has 0 bridgehead atoms. The Kier molecular flexibility index (Phi) is 5.47. The molecule has 0 aliphatic rings. The fraction of sp³-hybridized carbons (Fsp3) is 0.0952. The summed E-state index contributed by atoms with van der Waals surface area (Å²) in [6.45, 7) is 0. The van der Waals surface area contributed by atoms with Gasteiger partial charge in [0.2, 0.25) is 0 Å². The molecule has 0 unspecified atom stereocenters. The largest absolute Gasteiger partial charge is 0.507 e. The van der Waals surface area contributed by atoms with E-state index in [4.69, 9.17) is 0 Å². The van der Waals surface area contributed by atoms with Crippen LogP contribution in [0.1, 0.15) is 21.5 Å². The van der Waals surface area contributed by atoms with Crippen LogP contribution >= 0.6 is 0 Å². The molecule has 2 N–H and O–H groups in total. The van der Waals surface area contributed by atoms with Gasteiger partial charge in [0.15, 0.2) is 0 Å². The Labute approximate surface area is 166 Å². The van der Waals surface area contributed by atoms with Gasteiger partial charge in [0.1, 0.15) is 5.75 Å². The maximum absolute atomic E-state index is 12.9. The van der Waals surface area contributed by atoms with E-state index in [1.807, 2.05) is 5.32 Å². The summed E-state index contributed by atoms with van der Waals surface area (Å²) in [5.41, 5.74) is -2.81. The number of halogens is 6. The number of carbonyl (C=O) groups is 1. The molecule has 0 aliphatic heterocycles. The molecule has 0 spiro atoms. The Morgan fingerprint density at radius 1 is 0.733 bits per heavy atom. The van der Waals surface area contributed by atoms with E-state index in [1.165, 1.54) is 18.2 Å². The van der Waals surface area contributed by atoms with E-state index in [0.717, 1.165) is 5.56 Å². The second-order valence-corrected chi connectivity index (χ2v) is 6.35. The van der Waals surface area contributed by atoms with Gasteiger partial charge in [-0.25, -0.2) is 0 Å². The van der Waals surface area contributed by atoms with Crippen LogP contribution in [0.4, 0.5) is 32.0 Å². The molecule has 0 saturated carbocycles. The molecule has 3 aromatic carbocycles. The zero-order valence-electron chi connectivity index (χ0n) is 15.0. The van der Waals surface area contributed by atoms with Gasteiger partial charge in [0.05, 0.1) is 16.7 Å². The molecule has 1 amide bonds. The average Bonchev–Trinajstić information content (AvgIpc) is 2.67. The topological polar surface area (TPSA) is 49.3 Å². The summed E-state index contributed by atoms with van der Waals surface area (Å²) < 4.78 is 77.7. The number of nitrogens with one attached hydrogen (secondary N) is 1. The second-order valence-electron chi connectivity index (χ2n) is 6.35. The molecule has 9 heteroatoms. The van der Waals surface area contributed by atoms with Crippen molar-refractivity contribution in [3.63, 3.8) is 0 Å². The molecule has 0 heterocycles. The van der Waals surface area contributed by atoms with Crippen LogP contribution in [0.2, 0.25) is 0 Å². The molecule has 3 rings (SSSR count). The summed E-state index contributed by atoms with van der Waals surface area (Å²) >= 11 is 0. The molecular formula is C21H13F6NO2. The fourth-order valence-electron chi connectivity index (χ4n) is 2.76. The minimum Gasteiger partial charge on any atom is -0.507 e. The van der Waals surface area contributed by atoms with E-state index in [-0.39, 0.29) is 11.6 Å². The van der Waals surface area contributed by atoms with Gasteiger partial charge in [-0.1, -0.05) is 36.4 Å². The van der Waals surface area contributed by atoms with Gasteiger partial charge in [-0.05, 0) is 41.5 Å². The van der Waals surface area contributed by atoms with Gasteiger partial charge < -0.3 is 10.4 Å². The van der Waals surface area contributed by atoms with E-state index < -0.39 is 40.8 Å². The van der Waals surface area contributed by atoms with Gasteiger partial charge in [0, 0.05) is 5.69 Å². The summed E-state index contributed by atoms with van der Waals surface area (Å²) in [6, 6.07) is 13.6. The van der Waals surface area contributed by atoms with Crippen molar-refractivity contribution in [3.8, 4) is 16.9 Å². The van der Waals surface area contributed by atoms with E-state index >= 15 is 0 Å². The van der Waals surface area contributed by atoms with Crippen molar-refractivity contribution in [2.24, 2.45) is 0 Å². The lowest BCUT2D eigenvalue weighted by Gasteiger charge is -2.15. The highest BCUT2D eigenvalue weighted by molar-refractivity contribution is 6.06. The average molecular weight is 425 g/mol. The summed E-state index contributed by atoms with van der Waals surface area (Å²) in [6.07, 6.45) is -10.1. The fourth-order valence-corrected chi connectivity index (χ4v) is 2.76. The summed E-state index contributed by atoms with van der Waals surface area (Å²) in [7, 11) is 0. The third-order valence-corrected chi connectivity index (χ3v) is 4.20. The number of benzene rings is 3. The predicted molar refractivity (Wildman–Crippen MR) is 97.9 cm³/mol. The Morgan fingerprint density at radius 3 is 1.80 bits per heavy atom. The molecule has 0 fully saturated rings. The molecule has 3 aromatic rings. The molecule has 30 heavy (non-hydrogen) atoms. The number of phenolic OH excluding ortho intramolecular Hbond substituents is 1. The number of phenols is 1. The summed E-state index contributed by atoms with van der Waals surface area (Å²) in [5.74, 6) is -1.53. The number of amides is 1. The van der Waals surface area contributed by atoms with Crippen LogP contribution in [0, 0.1) is 0 Å². The third kappa shape index (κ3) is 4.73. The Balaban J connectivity index is 1.92. The van der Waals surface area contributed by atoms with E-state index in [1.54, 1.807) is 30.3 Å². The first-order valence-corrected chi connectivity index (χ1v) is 8.44. The number of rotatable bonds is 3. The quantitative estimate of drug-likeness (QED) is 0.481. The van der Waals surface area contributed by atoms with E-state index in [9.17, 15) is 36.2 Å². The van der Waals surface area contributed by atoms with Crippen molar-refractivity contribution >= 4 is 11.6 Å². The first-order chi connectivity index (χ1) is 13.9. The number of anilines is 1. The van der Waals surface area contributed by atoms with Crippen LogP contribution in [0.5, 0.6) is 5.75 Å². The first kappa shape index (κ1) is 21.2. The number of aromatic hydroxyl groups is 1. The van der Waals surface area contributed by atoms with Crippen molar-refractivity contribution in [1.29, 1.82) is 0 Å². The highest BCUT2D eigenvalue weighted by atomic mass is 19.4. The van der Waals surface area contributed by atoms with Crippen LogP contribution in [-0.4, -0.2) is 11.0 Å². The molecule has 0 aliphatic carbocycles. The van der Waals surface area contributed by atoms with Crippen molar-refractivity contribution in [2.45, 2.75) is 12.4 Å². The highest BCUT2D eigenvalue weighted by Crippen LogP contribution is 2.38. The van der Waals surface area contributed by atoms with Crippen molar-refractivity contribution in [2.75, 3.05) is 5.32 Å². The summed E-state index contributed by atoms with van der Waals surface area (Å²) in [4.78, 5) is 12.4. The van der Waals surface area contributed by atoms with Gasteiger partial charge in [-0.15, -0.1) is 0 Å². The number of hydrogen-bond donors (Lipinski definition) is 2. The zero-order valence-corrected chi connectivity index (χ0v) is 15.0. The zero-order chi connectivity index (χ0) is 22.1. The highest BCUT2D eigenvalue weighted by Gasteiger charge is 2.37. The van der Waals surface area contributed by atoms with Gasteiger partial charge in [-0.2, -0.15) is 26.3 Å². The van der Waals surface area contributed by atoms with E-state index in [2.05, 4.69) is 0 Å². The van der Waals surface area contributed by atoms with Crippen LogP contribution in [0.3, 0.4) is 0 Å². The Bertz CT molecular complexity index is 1040. The maximum atomic E-state index is 12.9. The SMILES string of the molecule is O=C(Nc1cc(C(F)(F)F)cc(C(F)(F)F)c1)c1ccc(-c2ccccc2)cc1O. The van der Waals surface area contributed by atoms with Crippen molar-refractivity contribution < 1.29 is 36.2 Å². The Hall–Kier alpha value is -3.49. The normalized spacial score (nSPS) is 11.9. The second kappa shape index (κ2) is 7.74. The minimum absolute atomic E-state index is 0.0399. The van der Waals surface area contributed by atoms with Crippen molar-refractivity contribution in [1.82, 2.24) is 0 Å². The first-order valence-electron chi connectivity index (χ1n) is 8.44. The monoisotopic (exact) mass is 425 g/mol. The summed E-state index contributed by atoms with van der Waals surface area (Å²) in [5, 5.41) is 12.1. The van der Waals surface area contributed by atoms with Crippen molar-refractivity contribution in [3.05, 3.63) is 83.4 Å². The predicted octanol–water partition coefficient (Wildman–Crippen LogP) is 6.35. The molecule has 0 radical (unpaired) electrons. The molecule has 3 nitrogen and oxygen atoms in total. The van der Waals surface area contributed by atoms with E-state index in [0.29, 0.717) is 17.7 Å². The van der Waals surface area contributed by atoms with Gasteiger partial charge in [-0.3, -0.25) is 4.79 Å². The Morgan fingerprint density at radius 2 is 1.30 bits per heavy atom. The number of hydrogen-bond acceptors (Lipinski definition) is 2. The number of carbonyl (C=O) groups excluding carboxylic acids is 1. The van der Waals surface area contributed by atoms with Crippen LogP contribution in [0.25, 0.3) is 11.1 Å². The molecule has 0 atom stereocenters. The minimum atomic E-state index is -5.04. The molecule has 156 valence electrons. The lowest BCUT2D eigenvalue weighted by Crippen LogP contribution is -2.16. The maximum Gasteiger partial charge on any atom is 0.416 e. The molecular weight excluding hydrogens is 412 g/mol. The standard InChI is InChI=1S/C21H13F6NO2/c22-20(23,24)14-9-15(21(25,26)27)11-16(10-14)28-19(30)17-7-6-13(8-18(17)29)12-4-2-1-3-5-12/h1-11,29H,(H,28,30). The van der Waals surface area contributed by atoms with Gasteiger partial charge >= 0.3 is 12.4 Å². The van der Waals surface area contributed by atoms with Crippen LogP contribution < -0.4 is 5.32 Å². The van der Waals surface area contributed by atoms with Crippen LogP contribution in [0.15, 0.2) is 66.7 Å². The lowest BCUT2D eigenvalue weighted by molar-refractivity contribution is -0.143. The lowest BCUT2D eigenvalue weighted by atomic mass is 10.0. The number of alkyl halides is 6. The molecule has 0 aromatic heterocycles.